The molecular formula is C10H19NO. The zero-order chi connectivity index (χ0) is 8.97. The first kappa shape index (κ1) is 9.56. The lowest BCUT2D eigenvalue weighted by atomic mass is 10.1. The minimum atomic E-state index is 0.422. The summed E-state index contributed by atoms with van der Waals surface area (Å²) >= 11 is 0. The van der Waals surface area contributed by atoms with E-state index in [0.717, 1.165) is 12.8 Å². The number of carbonyl (C=O) groups excluding carboxylic acids is 1. The fourth-order valence-corrected chi connectivity index (χ4v) is 1.96. The van der Waals surface area contributed by atoms with E-state index in [1.54, 1.807) is 0 Å². The van der Waals surface area contributed by atoms with Gasteiger partial charge in [-0.05, 0) is 26.2 Å². The Balaban J connectivity index is 2.47. The molecule has 0 radical (unpaired) electrons. The molecule has 0 saturated heterocycles. The summed E-state index contributed by atoms with van der Waals surface area (Å²) in [6.07, 6.45) is 7.11. The summed E-state index contributed by atoms with van der Waals surface area (Å²) in [4.78, 5) is 12.8. The van der Waals surface area contributed by atoms with Crippen LogP contribution in [0.15, 0.2) is 0 Å². The van der Waals surface area contributed by atoms with E-state index in [9.17, 15) is 4.79 Å². The van der Waals surface area contributed by atoms with Gasteiger partial charge in [-0.15, -0.1) is 0 Å². The number of amides is 1. The Kier molecular flexibility index (Phi) is 3.57. The summed E-state index contributed by atoms with van der Waals surface area (Å²) in [5.41, 5.74) is 0. The highest BCUT2D eigenvalue weighted by molar-refractivity contribution is 5.48. The van der Waals surface area contributed by atoms with Gasteiger partial charge in [-0.25, -0.2) is 0 Å². The molecule has 0 heterocycles. The largest absolute Gasteiger partial charge is 0.340 e. The lowest BCUT2D eigenvalue weighted by Gasteiger charge is -2.30. The molecular weight excluding hydrogens is 150 g/mol. The Morgan fingerprint density at radius 2 is 2.08 bits per heavy atom. The Labute approximate surface area is 74.9 Å². The predicted molar refractivity (Wildman–Crippen MR) is 49.9 cm³/mol. The van der Waals surface area contributed by atoms with E-state index in [1.165, 1.54) is 25.7 Å². The van der Waals surface area contributed by atoms with E-state index in [-0.39, 0.29) is 0 Å². The van der Waals surface area contributed by atoms with Crippen molar-refractivity contribution >= 4 is 6.41 Å². The number of hydrogen-bond acceptors (Lipinski definition) is 1. The van der Waals surface area contributed by atoms with E-state index in [2.05, 4.69) is 13.8 Å². The lowest BCUT2D eigenvalue weighted by molar-refractivity contribution is -0.122. The Morgan fingerprint density at radius 1 is 1.50 bits per heavy atom. The third-order valence-electron chi connectivity index (χ3n) is 2.97. The number of rotatable bonds is 4. The monoisotopic (exact) mass is 169 g/mol. The molecule has 1 aliphatic carbocycles. The molecule has 1 saturated carbocycles. The molecule has 1 amide bonds. The summed E-state index contributed by atoms with van der Waals surface area (Å²) in [5.74, 6) is 0. The van der Waals surface area contributed by atoms with Crippen molar-refractivity contribution in [3.63, 3.8) is 0 Å². The van der Waals surface area contributed by atoms with Crippen LogP contribution in [-0.4, -0.2) is 23.4 Å². The molecule has 12 heavy (non-hydrogen) atoms. The highest BCUT2D eigenvalue weighted by atomic mass is 16.1. The lowest BCUT2D eigenvalue weighted by Crippen LogP contribution is -2.38. The van der Waals surface area contributed by atoms with Gasteiger partial charge in [0.05, 0.1) is 0 Å². The highest BCUT2D eigenvalue weighted by Crippen LogP contribution is 2.24. The first-order valence-electron chi connectivity index (χ1n) is 5.02. The molecule has 1 rings (SSSR count). The SMILES string of the molecule is CCC(C)N(C=O)C1CCCC1. The maximum atomic E-state index is 10.8. The Bertz CT molecular complexity index is 141. The van der Waals surface area contributed by atoms with Crippen LogP contribution >= 0.6 is 0 Å². The van der Waals surface area contributed by atoms with Crippen LogP contribution in [-0.2, 0) is 4.79 Å². The van der Waals surface area contributed by atoms with Crippen molar-refractivity contribution in [3.8, 4) is 0 Å². The third-order valence-corrected chi connectivity index (χ3v) is 2.97. The molecule has 1 unspecified atom stereocenters. The molecule has 0 bridgehead atoms. The fraction of sp³-hybridized carbons (Fsp3) is 0.900. The molecule has 1 atom stereocenters. The van der Waals surface area contributed by atoms with Crippen LogP contribution in [0.25, 0.3) is 0 Å². The van der Waals surface area contributed by atoms with E-state index < -0.39 is 0 Å². The third kappa shape index (κ3) is 1.99. The van der Waals surface area contributed by atoms with Crippen molar-refractivity contribution < 1.29 is 4.79 Å². The van der Waals surface area contributed by atoms with Crippen molar-refractivity contribution in [2.24, 2.45) is 0 Å². The molecule has 0 aliphatic heterocycles. The van der Waals surface area contributed by atoms with E-state index >= 15 is 0 Å². The quantitative estimate of drug-likeness (QED) is 0.591. The van der Waals surface area contributed by atoms with Gasteiger partial charge in [-0.2, -0.15) is 0 Å². The Morgan fingerprint density at radius 3 is 2.50 bits per heavy atom. The summed E-state index contributed by atoms with van der Waals surface area (Å²) in [5, 5.41) is 0. The van der Waals surface area contributed by atoms with Crippen LogP contribution in [0.4, 0.5) is 0 Å². The van der Waals surface area contributed by atoms with Gasteiger partial charge in [0.2, 0.25) is 6.41 Å². The molecule has 0 aromatic carbocycles. The zero-order valence-corrected chi connectivity index (χ0v) is 8.12. The summed E-state index contributed by atoms with van der Waals surface area (Å²) in [6.45, 7) is 4.27. The van der Waals surface area contributed by atoms with Gasteiger partial charge in [0, 0.05) is 12.1 Å². The molecule has 0 aromatic rings. The highest BCUT2D eigenvalue weighted by Gasteiger charge is 2.23. The predicted octanol–water partition coefficient (Wildman–Crippen LogP) is 2.19. The van der Waals surface area contributed by atoms with Crippen molar-refractivity contribution in [2.45, 2.75) is 58.0 Å². The van der Waals surface area contributed by atoms with Gasteiger partial charge in [0.25, 0.3) is 0 Å². The minimum Gasteiger partial charge on any atom is -0.340 e. The van der Waals surface area contributed by atoms with E-state index in [1.807, 2.05) is 4.90 Å². The summed E-state index contributed by atoms with van der Waals surface area (Å²) in [7, 11) is 0. The minimum absolute atomic E-state index is 0.422. The summed E-state index contributed by atoms with van der Waals surface area (Å²) in [6, 6.07) is 0.961. The van der Waals surface area contributed by atoms with Crippen LogP contribution in [0.5, 0.6) is 0 Å². The second-order valence-corrected chi connectivity index (χ2v) is 3.75. The summed E-state index contributed by atoms with van der Waals surface area (Å²) < 4.78 is 0. The standard InChI is InChI=1S/C10H19NO/c1-3-9(2)11(8-12)10-6-4-5-7-10/h8-10H,3-7H2,1-2H3. The molecule has 2 heteroatoms. The van der Waals surface area contributed by atoms with Gasteiger partial charge >= 0.3 is 0 Å². The zero-order valence-electron chi connectivity index (χ0n) is 8.12. The van der Waals surface area contributed by atoms with Gasteiger partial charge in [-0.1, -0.05) is 19.8 Å². The number of hydrogen-bond donors (Lipinski definition) is 0. The molecule has 2 nitrogen and oxygen atoms in total. The number of nitrogens with zero attached hydrogens (tertiary/aromatic N) is 1. The average Bonchev–Trinajstić information content (AvgIpc) is 2.58. The molecule has 0 spiro atoms. The number of carbonyl (C=O) groups is 1. The maximum Gasteiger partial charge on any atom is 0.210 e. The molecule has 1 aliphatic rings. The van der Waals surface area contributed by atoms with Crippen LogP contribution in [0.1, 0.15) is 46.0 Å². The van der Waals surface area contributed by atoms with Gasteiger partial charge in [0.15, 0.2) is 0 Å². The normalized spacial score (nSPS) is 20.8. The average molecular weight is 169 g/mol. The molecule has 0 N–H and O–H groups in total. The fourth-order valence-electron chi connectivity index (χ4n) is 1.96. The van der Waals surface area contributed by atoms with Crippen LogP contribution in [0.2, 0.25) is 0 Å². The van der Waals surface area contributed by atoms with Crippen molar-refractivity contribution in [2.75, 3.05) is 0 Å². The van der Waals surface area contributed by atoms with Crippen LogP contribution in [0, 0.1) is 0 Å². The second kappa shape index (κ2) is 4.48. The second-order valence-electron chi connectivity index (χ2n) is 3.75. The van der Waals surface area contributed by atoms with Gasteiger partial charge in [0.1, 0.15) is 0 Å². The first-order valence-corrected chi connectivity index (χ1v) is 5.02. The molecule has 70 valence electrons. The Hall–Kier alpha value is -0.530. The molecule has 0 aromatic heterocycles. The maximum absolute atomic E-state index is 10.8. The smallest absolute Gasteiger partial charge is 0.210 e. The van der Waals surface area contributed by atoms with Crippen molar-refractivity contribution in [3.05, 3.63) is 0 Å². The van der Waals surface area contributed by atoms with Gasteiger partial charge < -0.3 is 4.90 Å². The van der Waals surface area contributed by atoms with E-state index in [0.29, 0.717) is 12.1 Å². The van der Waals surface area contributed by atoms with Crippen molar-refractivity contribution in [1.82, 2.24) is 4.90 Å². The van der Waals surface area contributed by atoms with E-state index in [4.69, 9.17) is 0 Å². The van der Waals surface area contributed by atoms with Crippen LogP contribution < -0.4 is 0 Å². The van der Waals surface area contributed by atoms with Crippen LogP contribution in [0.3, 0.4) is 0 Å². The topological polar surface area (TPSA) is 20.3 Å². The van der Waals surface area contributed by atoms with Gasteiger partial charge in [-0.3, -0.25) is 4.79 Å². The first-order chi connectivity index (χ1) is 5.79. The molecule has 1 fully saturated rings. The van der Waals surface area contributed by atoms with Crippen molar-refractivity contribution in [1.29, 1.82) is 0 Å².